The molecule has 0 saturated heterocycles. The summed E-state index contributed by atoms with van der Waals surface area (Å²) in [5.74, 6) is -1.96. The highest BCUT2D eigenvalue weighted by Crippen LogP contribution is 1.94. The molecule has 0 aliphatic heterocycles. The molecule has 0 unspecified atom stereocenters. The Labute approximate surface area is 75.9 Å². The second kappa shape index (κ2) is 4.78. The fourth-order valence-corrected chi connectivity index (χ4v) is 0.656. The lowest BCUT2D eigenvalue weighted by atomic mass is 10.2. The number of nitrogens with one attached hydrogen (secondary N) is 2. The second-order valence-electron chi connectivity index (χ2n) is 3.12. The normalized spacial score (nSPS) is 11.2. The predicted molar refractivity (Wildman–Crippen MR) is 45.4 cm³/mol. The van der Waals surface area contributed by atoms with Crippen LogP contribution in [-0.4, -0.2) is 40.9 Å². The van der Waals surface area contributed by atoms with Gasteiger partial charge in [-0.15, -0.1) is 0 Å². The average molecular weight is 190 g/mol. The summed E-state index contributed by atoms with van der Waals surface area (Å²) in [4.78, 5) is 20.4. The van der Waals surface area contributed by atoms with Crippen molar-refractivity contribution in [2.24, 2.45) is 0 Å². The number of hydrogen-bond donors (Lipinski definition) is 4. The van der Waals surface area contributed by atoms with Crippen LogP contribution < -0.4 is 10.6 Å². The third-order valence-corrected chi connectivity index (χ3v) is 1.36. The maximum absolute atomic E-state index is 10.2. The van der Waals surface area contributed by atoms with Gasteiger partial charge in [-0.3, -0.25) is 20.2 Å². The Morgan fingerprint density at radius 2 is 1.38 bits per heavy atom. The number of carbonyl (C=O) groups is 2. The quantitative estimate of drug-likeness (QED) is 0.404. The van der Waals surface area contributed by atoms with Crippen LogP contribution in [0.15, 0.2) is 0 Å². The van der Waals surface area contributed by atoms with Crippen molar-refractivity contribution in [1.82, 2.24) is 10.6 Å². The van der Waals surface area contributed by atoms with E-state index in [4.69, 9.17) is 10.2 Å². The van der Waals surface area contributed by atoms with E-state index in [0.717, 1.165) is 0 Å². The lowest BCUT2D eigenvalue weighted by Gasteiger charge is -2.26. The van der Waals surface area contributed by atoms with Crippen LogP contribution in [0.25, 0.3) is 0 Å². The molecule has 0 radical (unpaired) electrons. The minimum atomic E-state index is -0.981. The van der Waals surface area contributed by atoms with E-state index >= 15 is 0 Å². The number of carboxylic acid groups (broad SMARTS) is 2. The van der Waals surface area contributed by atoms with Gasteiger partial charge in [-0.2, -0.15) is 0 Å². The topological polar surface area (TPSA) is 98.7 Å². The van der Waals surface area contributed by atoms with Crippen molar-refractivity contribution >= 4 is 11.9 Å². The number of hydrogen-bond acceptors (Lipinski definition) is 4. The van der Waals surface area contributed by atoms with E-state index < -0.39 is 17.6 Å². The zero-order valence-electron chi connectivity index (χ0n) is 7.63. The first-order valence-corrected chi connectivity index (χ1v) is 3.77. The summed E-state index contributed by atoms with van der Waals surface area (Å²) in [6, 6.07) is 0. The summed E-state index contributed by atoms with van der Waals surface area (Å²) in [7, 11) is 0. The Hall–Kier alpha value is -1.14. The van der Waals surface area contributed by atoms with E-state index in [1.807, 2.05) is 0 Å². The molecule has 0 atom stereocenters. The molecule has 13 heavy (non-hydrogen) atoms. The molecule has 6 heteroatoms. The zero-order valence-corrected chi connectivity index (χ0v) is 7.63. The largest absolute Gasteiger partial charge is 0.480 e. The highest BCUT2D eigenvalue weighted by atomic mass is 16.4. The molecular formula is C7H14N2O4. The van der Waals surface area contributed by atoms with Gasteiger partial charge >= 0.3 is 11.9 Å². The van der Waals surface area contributed by atoms with Crippen LogP contribution in [0.4, 0.5) is 0 Å². The first kappa shape index (κ1) is 11.9. The molecule has 0 saturated carbocycles. The van der Waals surface area contributed by atoms with E-state index in [9.17, 15) is 9.59 Å². The third kappa shape index (κ3) is 7.23. The highest BCUT2D eigenvalue weighted by Gasteiger charge is 2.17. The Balaban J connectivity index is 3.79. The first-order chi connectivity index (χ1) is 5.83. The molecule has 76 valence electrons. The molecule has 0 aromatic rings. The molecular weight excluding hydrogens is 176 g/mol. The van der Waals surface area contributed by atoms with Gasteiger partial charge in [0.25, 0.3) is 0 Å². The van der Waals surface area contributed by atoms with Gasteiger partial charge in [0.1, 0.15) is 0 Å². The van der Waals surface area contributed by atoms with Crippen LogP contribution in [0.1, 0.15) is 13.8 Å². The summed E-state index contributed by atoms with van der Waals surface area (Å²) < 4.78 is 0. The van der Waals surface area contributed by atoms with Crippen molar-refractivity contribution in [1.29, 1.82) is 0 Å². The van der Waals surface area contributed by atoms with E-state index in [-0.39, 0.29) is 13.1 Å². The van der Waals surface area contributed by atoms with Crippen molar-refractivity contribution < 1.29 is 19.8 Å². The maximum atomic E-state index is 10.2. The van der Waals surface area contributed by atoms with Crippen molar-refractivity contribution in [3.8, 4) is 0 Å². The van der Waals surface area contributed by atoms with Gasteiger partial charge < -0.3 is 10.2 Å². The number of carboxylic acids is 2. The van der Waals surface area contributed by atoms with Crippen molar-refractivity contribution in [3.63, 3.8) is 0 Å². The van der Waals surface area contributed by atoms with E-state index in [2.05, 4.69) is 10.6 Å². The van der Waals surface area contributed by atoms with Crippen LogP contribution in [-0.2, 0) is 9.59 Å². The lowest BCUT2D eigenvalue weighted by Crippen LogP contribution is -2.54. The van der Waals surface area contributed by atoms with Gasteiger partial charge in [0, 0.05) is 0 Å². The molecule has 0 aromatic carbocycles. The summed E-state index contributed by atoms with van der Waals surface area (Å²) in [6.07, 6.45) is 0. The second-order valence-corrected chi connectivity index (χ2v) is 3.12. The van der Waals surface area contributed by atoms with Crippen LogP contribution in [0.2, 0.25) is 0 Å². The molecule has 0 amide bonds. The van der Waals surface area contributed by atoms with Gasteiger partial charge in [0.15, 0.2) is 0 Å². The van der Waals surface area contributed by atoms with E-state index in [0.29, 0.717) is 0 Å². The SMILES string of the molecule is CC(C)(NCC(=O)O)NCC(=O)O. The fraction of sp³-hybridized carbons (Fsp3) is 0.714. The Kier molecular flexibility index (Phi) is 4.36. The zero-order chi connectivity index (χ0) is 10.5. The molecule has 4 N–H and O–H groups in total. The Morgan fingerprint density at radius 3 is 1.62 bits per heavy atom. The van der Waals surface area contributed by atoms with Crippen LogP contribution >= 0.6 is 0 Å². The first-order valence-electron chi connectivity index (χ1n) is 3.77. The van der Waals surface area contributed by atoms with Gasteiger partial charge in [-0.05, 0) is 13.8 Å². The predicted octanol–water partition coefficient (Wildman–Crippen LogP) is -0.929. The summed E-state index contributed by atoms with van der Waals surface area (Å²) in [5, 5.41) is 22.0. The molecule has 0 aromatic heterocycles. The number of rotatable bonds is 6. The molecule has 0 heterocycles. The van der Waals surface area contributed by atoms with Crippen LogP contribution in [0.3, 0.4) is 0 Å². The average Bonchev–Trinajstić information content (AvgIpc) is 1.98. The van der Waals surface area contributed by atoms with E-state index in [1.54, 1.807) is 13.8 Å². The lowest BCUT2D eigenvalue weighted by molar-refractivity contribution is -0.136. The molecule has 0 aliphatic carbocycles. The molecule has 0 rings (SSSR count). The van der Waals surface area contributed by atoms with Gasteiger partial charge in [0.2, 0.25) is 0 Å². The molecule has 0 bridgehead atoms. The Bertz CT molecular complexity index is 183. The van der Waals surface area contributed by atoms with Gasteiger partial charge in [-0.1, -0.05) is 0 Å². The molecule has 0 fully saturated rings. The van der Waals surface area contributed by atoms with Crippen molar-refractivity contribution in [3.05, 3.63) is 0 Å². The molecule has 6 nitrogen and oxygen atoms in total. The van der Waals surface area contributed by atoms with Gasteiger partial charge in [-0.25, -0.2) is 0 Å². The van der Waals surface area contributed by atoms with Crippen molar-refractivity contribution in [2.75, 3.05) is 13.1 Å². The minimum Gasteiger partial charge on any atom is -0.480 e. The number of aliphatic carboxylic acids is 2. The maximum Gasteiger partial charge on any atom is 0.317 e. The third-order valence-electron chi connectivity index (χ3n) is 1.36. The molecule has 0 spiro atoms. The smallest absolute Gasteiger partial charge is 0.317 e. The highest BCUT2D eigenvalue weighted by molar-refractivity contribution is 5.69. The van der Waals surface area contributed by atoms with Crippen molar-refractivity contribution in [2.45, 2.75) is 19.5 Å². The Morgan fingerprint density at radius 1 is 1.08 bits per heavy atom. The van der Waals surface area contributed by atoms with Crippen LogP contribution in [0.5, 0.6) is 0 Å². The summed E-state index contributed by atoms with van der Waals surface area (Å²) in [5.41, 5.74) is -0.698. The van der Waals surface area contributed by atoms with Gasteiger partial charge in [0.05, 0.1) is 18.8 Å². The summed E-state index contributed by atoms with van der Waals surface area (Å²) >= 11 is 0. The van der Waals surface area contributed by atoms with E-state index in [1.165, 1.54) is 0 Å². The van der Waals surface area contributed by atoms with Crippen LogP contribution in [0, 0.1) is 0 Å². The summed E-state index contributed by atoms with van der Waals surface area (Å²) in [6.45, 7) is 2.91. The molecule has 0 aliphatic rings. The monoisotopic (exact) mass is 190 g/mol. The minimum absolute atomic E-state index is 0.209. The fourth-order valence-electron chi connectivity index (χ4n) is 0.656. The standard InChI is InChI=1S/C7H14N2O4/c1-7(2,8-3-5(10)11)9-4-6(12)13/h8-9H,3-4H2,1-2H3,(H,10,11)(H,12,13).